The van der Waals surface area contributed by atoms with Crippen molar-refractivity contribution in [1.82, 2.24) is 10.9 Å². The van der Waals surface area contributed by atoms with Gasteiger partial charge in [-0.05, 0) is 25.0 Å². The van der Waals surface area contributed by atoms with Gasteiger partial charge in [0, 0.05) is 5.56 Å². The van der Waals surface area contributed by atoms with Gasteiger partial charge in [0.15, 0.2) is 0 Å². The van der Waals surface area contributed by atoms with Crippen LogP contribution in [-0.4, -0.2) is 22.9 Å². The van der Waals surface area contributed by atoms with Crippen molar-refractivity contribution in [2.45, 2.75) is 12.8 Å². The molecule has 1 aliphatic carbocycles. The lowest BCUT2D eigenvalue weighted by Crippen LogP contribution is -2.47. The Bertz CT molecular complexity index is 568. The van der Waals surface area contributed by atoms with E-state index >= 15 is 0 Å². The van der Waals surface area contributed by atoms with E-state index in [4.69, 9.17) is 5.11 Å². The lowest BCUT2D eigenvalue weighted by Gasteiger charge is -2.24. The van der Waals surface area contributed by atoms with Gasteiger partial charge < -0.3 is 5.11 Å². The molecule has 6 nitrogen and oxygen atoms in total. The number of aliphatic carboxylic acids is 1. The van der Waals surface area contributed by atoms with Crippen LogP contribution in [0.4, 0.5) is 0 Å². The van der Waals surface area contributed by atoms with Gasteiger partial charge in [-0.25, -0.2) is 0 Å². The number of nitrogens with one attached hydrogen (secondary N) is 2. The quantitative estimate of drug-likeness (QED) is 0.573. The molecule has 2 atom stereocenters. The molecule has 0 aromatic heterocycles. The van der Waals surface area contributed by atoms with Gasteiger partial charge in [-0.2, -0.15) is 0 Å². The molecule has 3 N–H and O–H groups in total. The Morgan fingerprint density at radius 3 is 2.19 bits per heavy atom. The predicted octanol–water partition coefficient (Wildman–Crippen LogP) is 1.11. The summed E-state index contributed by atoms with van der Waals surface area (Å²) in [6, 6.07) is 8.43. The van der Waals surface area contributed by atoms with E-state index in [0.29, 0.717) is 18.4 Å². The van der Waals surface area contributed by atoms with Crippen LogP contribution < -0.4 is 10.9 Å². The van der Waals surface area contributed by atoms with E-state index in [1.807, 2.05) is 0 Å². The SMILES string of the molecule is O=C(NNC(=O)[C@@H]1CC=CC[C@@H]1C(=O)O)c1ccccc1. The Morgan fingerprint density at radius 1 is 0.952 bits per heavy atom. The first-order valence-electron chi connectivity index (χ1n) is 6.62. The van der Waals surface area contributed by atoms with Gasteiger partial charge >= 0.3 is 5.97 Å². The number of hydrazine groups is 1. The zero-order valence-electron chi connectivity index (χ0n) is 11.3. The number of benzene rings is 1. The van der Waals surface area contributed by atoms with Crippen molar-refractivity contribution in [1.29, 1.82) is 0 Å². The third-order valence-corrected chi connectivity index (χ3v) is 3.42. The number of carboxylic acid groups (broad SMARTS) is 1. The monoisotopic (exact) mass is 288 g/mol. The van der Waals surface area contributed by atoms with E-state index in [0.717, 1.165) is 0 Å². The highest BCUT2D eigenvalue weighted by molar-refractivity contribution is 5.95. The topological polar surface area (TPSA) is 95.5 Å². The third-order valence-electron chi connectivity index (χ3n) is 3.42. The van der Waals surface area contributed by atoms with E-state index in [-0.39, 0.29) is 0 Å². The third kappa shape index (κ3) is 3.68. The molecule has 0 unspecified atom stereocenters. The highest BCUT2D eigenvalue weighted by Gasteiger charge is 2.34. The first-order chi connectivity index (χ1) is 10.1. The molecule has 110 valence electrons. The van der Waals surface area contributed by atoms with Crippen LogP contribution in [-0.2, 0) is 9.59 Å². The number of carbonyl (C=O) groups is 3. The second-order valence-electron chi connectivity index (χ2n) is 4.80. The molecule has 2 rings (SSSR count). The number of rotatable bonds is 3. The molecular weight excluding hydrogens is 272 g/mol. The molecule has 1 aromatic carbocycles. The highest BCUT2D eigenvalue weighted by Crippen LogP contribution is 2.25. The molecule has 0 radical (unpaired) electrons. The lowest BCUT2D eigenvalue weighted by atomic mass is 9.82. The van der Waals surface area contributed by atoms with Crippen LogP contribution in [0.2, 0.25) is 0 Å². The number of carbonyl (C=O) groups excluding carboxylic acids is 2. The van der Waals surface area contributed by atoms with Gasteiger partial charge in [0.2, 0.25) is 5.91 Å². The van der Waals surface area contributed by atoms with Crippen molar-refractivity contribution in [3.05, 3.63) is 48.0 Å². The van der Waals surface area contributed by atoms with Crippen LogP contribution in [0.3, 0.4) is 0 Å². The Labute approximate surface area is 121 Å². The van der Waals surface area contributed by atoms with Gasteiger partial charge in [0.1, 0.15) is 0 Å². The maximum atomic E-state index is 12.0. The molecule has 0 saturated carbocycles. The fourth-order valence-electron chi connectivity index (χ4n) is 2.25. The summed E-state index contributed by atoms with van der Waals surface area (Å²) in [7, 11) is 0. The Balaban J connectivity index is 1.94. The second-order valence-corrected chi connectivity index (χ2v) is 4.80. The van der Waals surface area contributed by atoms with Crippen LogP contribution in [0, 0.1) is 11.8 Å². The van der Waals surface area contributed by atoms with Gasteiger partial charge in [-0.1, -0.05) is 30.4 Å². The fraction of sp³-hybridized carbons (Fsp3) is 0.267. The minimum Gasteiger partial charge on any atom is -0.481 e. The largest absolute Gasteiger partial charge is 0.481 e. The number of allylic oxidation sites excluding steroid dienone is 2. The summed E-state index contributed by atoms with van der Waals surface area (Å²) in [5.41, 5.74) is 5.01. The number of amides is 2. The maximum absolute atomic E-state index is 12.0. The summed E-state index contributed by atoms with van der Waals surface area (Å²) in [4.78, 5) is 34.9. The van der Waals surface area contributed by atoms with Gasteiger partial charge in [-0.3, -0.25) is 25.2 Å². The lowest BCUT2D eigenvalue weighted by molar-refractivity contribution is -0.147. The summed E-state index contributed by atoms with van der Waals surface area (Å²) >= 11 is 0. The van der Waals surface area contributed by atoms with Crippen molar-refractivity contribution in [2.24, 2.45) is 11.8 Å². The van der Waals surface area contributed by atoms with Gasteiger partial charge in [0.25, 0.3) is 5.91 Å². The number of hydrogen-bond acceptors (Lipinski definition) is 3. The summed E-state index contributed by atoms with van der Waals surface area (Å²) < 4.78 is 0. The minimum absolute atomic E-state index is 0.319. The molecule has 0 spiro atoms. The molecule has 0 aliphatic heterocycles. The fourth-order valence-corrected chi connectivity index (χ4v) is 2.25. The van der Waals surface area contributed by atoms with E-state index < -0.39 is 29.6 Å². The normalized spacial score (nSPS) is 20.6. The van der Waals surface area contributed by atoms with Crippen LogP contribution in [0.5, 0.6) is 0 Å². The van der Waals surface area contributed by atoms with Crippen LogP contribution in [0.1, 0.15) is 23.2 Å². The van der Waals surface area contributed by atoms with Crippen LogP contribution in [0.15, 0.2) is 42.5 Å². The molecule has 0 saturated heterocycles. The van der Waals surface area contributed by atoms with Crippen LogP contribution >= 0.6 is 0 Å². The van der Waals surface area contributed by atoms with Gasteiger partial charge in [-0.15, -0.1) is 0 Å². The number of hydrogen-bond donors (Lipinski definition) is 3. The van der Waals surface area contributed by atoms with E-state index in [1.165, 1.54) is 0 Å². The predicted molar refractivity (Wildman–Crippen MR) is 75.0 cm³/mol. The molecule has 21 heavy (non-hydrogen) atoms. The van der Waals surface area contributed by atoms with Crippen molar-refractivity contribution in [2.75, 3.05) is 0 Å². The summed E-state index contributed by atoms with van der Waals surface area (Å²) in [6.07, 6.45) is 4.21. The molecule has 6 heteroatoms. The summed E-state index contributed by atoms with van der Waals surface area (Å²) in [5, 5.41) is 9.11. The minimum atomic E-state index is -1.01. The molecule has 2 amide bonds. The van der Waals surface area contributed by atoms with Crippen molar-refractivity contribution in [3.8, 4) is 0 Å². The van der Waals surface area contributed by atoms with Crippen molar-refractivity contribution >= 4 is 17.8 Å². The summed E-state index contributed by atoms with van der Waals surface area (Å²) in [5.74, 6) is -3.38. The smallest absolute Gasteiger partial charge is 0.307 e. The Hall–Kier alpha value is -2.63. The molecule has 1 aliphatic rings. The second kappa shape index (κ2) is 6.69. The zero-order valence-corrected chi connectivity index (χ0v) is 11.3. The zero-order chi connectivity index (χ0) is 15.2. The van der Waals surface area contributed by atoms with E-state index in [1.54, 1.807) is 42.5 Å². The van der Waals surface area contributed by atoms with Crippen molar-refractivity contribution in [3.63, 3.8) is 0 Å². The Morgan fingerprint density at radius 2 is 1.57 bits per heavy atom. The first kappa shape index (κ1) is 14.8. The van der Waals surface area contributed by atoms with E-state index in [9.17, 15) is 14.4 Å². The maximum Gasteiger partial charge on any atom is 0.307 e. The molecule has 1 aromatic rings. The molecule has 0 fully saturated rings. The van der Waals surface area contributed by atoms with Crippen molar-refractivity contribution < 1.29 is 19.5 Å². The summed E-state index contributed by atoms with van der Waals surface area (Å²) in [6.45, 7) is 0. The van der Waals surface area contributed by atoms with E-state index in [2.05, 4.69) is 10.9 Å². The standard InChI is InChI=1S/C15H16N2O4/c18-13(10-6-2-1-3-7-10)16-17-14(19)11-8-4-5-9-12(11)15(20)21/h1-7,11-12H,8-9H2,(H,16,18)(H,17,19)(H,20,21)/t11-,12+/m1/s1. The average molecular weight is 288 g/mol. The Kier molecular flexibility index (Phi) is 4.71. The van der Waals surface area contributed by atoms with Gasteiger partial charge in [0.05, 0.1) is 11.8 Å². The number of carboxylic acids is 1. The average Bonchev–Trinajstić information content (AvgIpc) is 2.53. The molecule has 0 heterocycles. The molecular formula is C15H16N2O4. The molecule has 0 bridgehead atoms. The van der Waals surface area contributed by atoms with Crippen LogP contribution in [0.25, 0.3) is 0 Å². The first-order valence-corrected chi connectivity index (χ1v) is 6.62. The highest BCUT2D eigenvalue weighted by atomic mass is 16.4.